The standard InChI is InChI=1S/2C21H38N.C12H25.C10H20O.C5H12O5.C4H6O6.C3H8O3.C2H6O.Na.H2O4S/c2*1-2-3-4-5-6-7-8-9-10-11-12-13-14-16-19-22-20-17-15-18-21-22;1-3-5-7-9-11-12-10-8-6-4-2;1-7(2)9-5-4-8(3)6-10(9)11;6-1-3(8)5(10)4(9)2-7;5-1(3(7)8)2(6)4(9)10;4-1-3(6)2-5;1-2-3;;1-5(2,3)4/h2*15,17-18,20-21H,2-14,16,19H2,1H3;1,3-12H2,2H3;7-11H,4-6H2,1-3H3;3-10H,1-2H2;1-2,5-6H,(H,7,8)(H,9,10);3-6H,1-2H2;3H,2H2,1H3;;(H2,1,2,3,4)/q2*+1;-1;;;;;;+1;/p-2/t;;;;3-,4+,5?;;;;;. The first kappa shape index (κ1) is 113. The number of aryl methyl sites for hydroxylation is 2. The van der Waals surface area contributed by atoms with Gasteiger partial charge in [-0.2, -0.15) is 6.42 Å². The van der Waals surface area contributed by atoms with E-state index in [2.05, 4.69) is 119 Å². The van der Waals surface area contributed by atoms with Crippen LogP contribution in [0.15, 0.2) is 61.2 Å². The summed E-state index contributed by atoms with van der Waals surface area (Å²) in [5.74, 6) is -1.59. The monoisotopic (exact) mass is 1490 g/mol. The van der Waals surface area contributed by atoms with Crippen molar-refractivity contribution in [2.24, 2.45) is 17.8 Å². The maximum atomic E-state index is 9.77. The molecular weight excluding hydrogens is 1340 g/mol. The second kappa shape index (κ2) is 87.5. The van der Waals surface area contributed by atoms with Gasteiger partial charge in [-0.05, 0) is 50.4 Å². The summed E-state index contributed by atoms with van der Waals surface area (Å²) in [6.07, 6.45) is 56.5. The van der Waals surface area contributed by atoms with E-state index in [9.17, 15) is 14.7 Å². The number of rotatable bonds is 49. The first-order valence-corrected chi connectivity index (χ1v) is 40.1. The second-order valence-corrected chi connectivity index (χ2v) is 27.6. The van der Waals surface area contributed by atoms with Crippen molar-refractivity contribution in [1.82, 2.24) is 0 Å². The van der Waals surface area contributed by atoms with E-state index in [0.717, 1.165) is 18.8 Å². The van der Waals surface area contributed by atoms with Gasteiger partial charge < -0.3 is 87.5 Å². The van der Waals surface area contributed by atoms with E-state index < -0.39 is 72.2 Å². The van der Waals surface area contributed by atoms with Crippen molar-refractivity contribution in [1.29, 1.82) is 0 Å². The van der Waals surface area contributed by atoms with Crippen molar-refractivity contribution in [3.8, 4) is 0 Å². The first-order chi connectivity index (χ1) is 48.2. The Labute approximate surface area is 642 Å². The van der Waals surface area contributed by atoms with Crippen LogP contribution in [0.4, 0.5) is 0 Å². The molecule has 0 aliphatic heterocycles. The number of pyridine rings is 2. The summed E-state index contributed by atoms with van der Waals surface area (Å²) in [6, 6.07) is 12.6. The van der Waals surface area contributed by atoms with Crippen LogP contribution >= 0.6 is 0 Å². The summed E-state index contributed by atoms with van der Waals surface area (Å²) in [5, 5.41) is 116. The molecule has 22 nitrogen and oxygen atoms in total. The number of aliphatic hydroxyl groups is 12. The number of aliphatic hydroxyl groups excluding tert-OH is 12. The Morgan fingerprint density at radius 1 is 0.451 bits per heavy atom. The van der Waals surface area contributed by atoms with Gasteiger partial charge in [0.25, 0.3) is 0 Å². The number of aromatic nitrogens is 2. The Morgan fingerprint density at radius 2 is 0.696 bits per heavy atom. The minimum atomic E-state index is -5.17. The largest absolute Gasteiger partial charge is 1.00 e. The van der Waals surface area contributed by atoms with Crippen LogP contribution in [0.1, 0.15) is 312 Å². The molecule has 6 unspecified atom stereocenters. The smallest absolute Gasteiger partial charge is 0.759 e. The molecule has 0 amide bonds. The van der Waals surface area contributed by atoms with Crippen molar-refractivity contribution in [2.75, 3.05) is 33.0 Å². The minimum absolute atomic E-state index is 0. The van der Waals surface area contributed by atoms with Gasteiger partial charge in [0.05, 0.1) is 32.5 Å². The zero-order valence-electron chi connectivity index (χ0n) is 65.2. The van der Waals surface area contributed by atoms with Gasteiger partial charge in [0.2, 0.25) is 0 Å². The van der Waals surface area contributed by atoms with Crippen LogP contribution in [0, 0.1) is 24.7 Å². The Hall–Kier alpha value is -2.37. The van der Waals surface area contributed by atoms with Gasteiger partial charge in [-0.25, -0.2) is 18.7 Å². The fraction of sp³-hybridized carbons (Fsp3) is 0.833. The van der Waals surface area contributed by atoms with E-state index >= 15 is 0 Å². The maximum Gasteiger partial charge on any atom is 1.00 e. The molecule has 1 fully saturated rings. The molecule has 0 aromatic carbocycles. The van der Waals surface area contributed by atoms with Gasteiger partial charge in [0, 0.05) is 54.1 Å². The number of unbranched alkanes of at least 4 members (excludes halogenated alkanes) is 35. The van der Waals surface area contributed by atoms with Crippen molar-refractivity contribution >= 4 is 22.3 Å². The fourth-order valence-electron chi connectivity index (χ4n) is 10.6. The second-order valence-electron chi connectivity index (χ2n) is 26.8. The molecule has 1 aliphatic rings. The Morgan fingerprint density at radius 3 is 0.892 bits per heavy atom. The number of hydrogen-bond acceptors (Lipinski definition) is 18. The molecule has 2 aromatic rings. The summed E-state index contributed by atoms with van der Waals surface area (Å²) in [5.41, 5.74) is 0. The van der Waals surface area contributed by atoms with E-state index in [1.54, 1.807) is 6.92 Å². The number of carboxylic acids is 2. The topological polar surface area (TPSA) is 405 Å². The van der Waals surface area contributed by atoms with Crippen LogP contribution in [-0.4, -0.2) is 177 Å². The van der Waals surface area contributed by atoms with Crippen LogP contribution < -0.4 is 38.7 Å². The summed E-state index contributed by atoms with van der Waals surface area (Å²) in [7, 11) is -5.17. The quantitative estimate of drug-likeness (QED) is 0.00733. The maximum absolute atomic E-state index is 9.77. The average Bonchev–Trinajstić information content (AvgIpc) is 0.877. The molecule has 3 rings (SSSR count). The summed E-state index contributed by atoms with van der Waals surface area (Å²) in [6.45, 7) is 19.6. The van der Waals surface area contributed by atoms with Crippen LogP contribution in [0.25, 0.3) is 0 Å². The molecular formula is C78H153N2NaO20S. The van der Waals surface area contributed by atoms with E-state index in [1.807, 2.05) is 0 Å². The van der Waals surface area contributed by atoms with Gasteiger partial charge in [0.15, 0.2) is 37.0 Å². The van der Waals surface area contributed by atoms with Crippen LogP contribution in [-0.2, 0) is 33.1 Å². The first-order valence-electron chi connectivity index (χ1n) is 38.8. The molecule has 8 atom stereocenters. The molecule has 602 valence electrons. The Bertz CT molecular complexity index is 1930. The van der Waals surface area contributed by atoms with Crippen LogP contribution in [0.3, 0.4) is 0 Å². The molecule has 2 aromatic heterocycles. The molecule has 1 saturated carbocycles. The molecule has 0 radical (unpaired) electrons. The molecule has 0 spiro atoms. The molecule has 0 bridgehead atoms. The van der Waals surface area contributed by atoms with Crippen molar-refractivity contribution < 1.29 is 137 Å². The minimum Gasteiger partial charge on any atom is -0.759 e. The van der Waals surface area contributed by atoms with E-state index in [1.165, 1.54) is 264 Å². The summed E-state index contributed by atoms with van der Waals surface area (Å²) >= 11 is 0. The van der Waals surface area contributed by atoms with E-state index in [4.69, 9.17) is 83.9 Å². The number of aliphatic carboxylic acids is 2. The third-order valence-electron chi connectivity index (χ3n) is 16.8. The molecule has 2 heterocycles. The SMILES string of the molecule is CC1CCC(C(C)C)C(O)C1.CCCCCCCCCCCCCCCC[n+]1ccccc1.CCCCCCCCCCCCCCCC[n+]1ccccc1.CCO.O=C(O)C(O)C(O)C(=O)O.O=S(=O)([O-])[O-].OCC(O)CO.OC[C@@H](O)C(O)[C@@H](O)CO.[CH2-]CCCCCCCCCCC.[Na+]. The number of carboxylic acid groups (broad SMARTS) is 2. The predicted molar refractivity (Wildman–Crippen MR) is 401 cm³/mol. The Kier molecular flexibility index (Phi) is 96.9. The van der Waals surface area contributed by atoms with Crippen molar-refractivity contribution in [3.05, 3.63) is 68.1 Å². The summed E-state index contributed by atoms with van der Waals surface area (Å²) in [4.78, 5) is 19.5. The van der Waals surface area contributed by atoms with Gasteiger partial charge in [-0.3, -0.25) is 8.42 Å². The fourth-order valence-corrected chi connectivity index (χ4v) is 10.6. The zero-order chi connectivity index (χ0) is 77.6. The number of carbonyl (C=O) groups is 2. The van der Waals surface area contributed by atoms with Crippen molar-refractivity contribution in [2.45, 2.75) is 368 Å². The van der Waals surface area contributed by atoms with Gasteiger partial charge in [-0.1, -0.05) is 272 Å². The molecule has 0 saturated heterocycles. The van der Waals surface area contributed by atoms with Gasteiger partial charge in [-0.15, -0.1) is 0 Å². The average molecular weight is 1490 g/mol. The zero-order valence-corrected chi connectivity index (χ0v) is 68.0. The van der Waals surface area contributed by atoms with Crippen LogP contribution in [0.2, 0.25) is 0 Å². The predicted octanol–water partition coefficient (Wildman–Crippen LogP) is 9.02. The third-order valence-corrected chi connectivity index (χ3v) is 16.8. The van der Waals surface area contributed by atoms with Gasteiger partial charge >= 0.3 is 41.5 Å². The van der Waals surface area contributed by atoms with Gasteiger partial charge in [0.1, 0.15) is 37.5 Å². The van der Waals surface area contributed by atoms with E-state index in [0.29, 0.717) is 11.8 Å². The molecule has 14 N–H and O–H groups in total. The normalized spacial score (nSPS) is 15.1. The Balaban J connectivity index is -0.000000209. The van der Waals surface area contributed by atoms with E-state index in [-0.39, 0.29) is 55.5 Å². The third kappa shape index (κ3) is 91.8. The molecule has 102 heavy (non-hydrogen) atoms. The number of nitrogens with zero attached hydrogens (tertiary/aromatic N) is 2. The van der Waals surface area contributed by atoms with Crippen molar-refractivity contribution in [3.63, 3.8) is 0 Å². The molecule has 1 aliphatic carbocycles. The van der Waals surface area contributed by atoms with Crippen LogP contribution in [0.5, 0.6) is 0 Å². The number of hydrogen-bond donors (Lipinski definition) is 14. The molecule has 24 heteroatoms. The summed E-state index contributed by atoms with van der Waals surface area (Å²) < 4.78 is 38.7.